The number of unbranched alkanes of at least 4 members (excludes halogenated alkanes) is 9. The molecule has 0 saturated carbocycles. The summed E-state index contributed by atoms with van der Waals surface area (Å²) in [5.74, 6) is 0.765. The zero-order valence-corrected chi connectivity index (χ0v) is 18.3. The first-order valence-corrected chi connectivity index (χ1v) is 11.4. The average Bonchev–Trinajstić information content (AvgIpc) is 2.76. The van der Waals surface area contributed by atoms with E-state index in [2.05, 4.69) is 6.92 Å². The number of carbonyl (C=O) groups excluding carboxylic acids is 1. The monoisotopic (exact) mass is 406 g/mol. The molecule has 29 heavy (non-hydrogen) atoms. The van der Waals surface area contributed by atoms with Crippen LogP contribution in [0.15, 0.2) is 18.2 Å². The number of ether oxygens (including phenoxy) is 4. The van der Waals surface area contributed by atoms with Crippen molar-refractivity contribution in [1.29, 1.82) is 0 Å². The van der Waals surface area contributed by atoms with E-state index in [0.29, 0.717) is 31.1 Å². The molecule has 2 rings (SSSR count). The Labute approximate surface area is 176 Å². The van der Waals surface area contributed by atoms with Gasteiger partial charge in [-0.2, -0.15) is 0 Å². The molecular weight excluding hydrogens is 368 g/mol. The average molecular weight is 407 g/mol. The topological polar surface area (TPSA) is 54.0 Å². The minimum Gasteiger partial charge on any atom is -0.493 e. The molecule has 1 heterocycles. The van der Waals surface area contributed by atoms with E-state index in [0.717, 1.165) is 24.8 Å². The van der Waals surface area contributed by atoms with Crippen LogP contribution < -0.4 is 9.47 Å². The Morgan fingerprint density at radius 2 is 1.55 bits per heavy atom. The molecule has 0 N–H and O–H groups in total. The Hall–Kier alpha value is -1.59. The molecule has 0 bridgehead atoms. The zero-order chi connectivity index (χ0) is 20.7. The van der Waals surface area contributed by atoms with Crippen LogP contribution >= 0.6 is 0 Å². The Bertz CT molecular complexity index is 581. The van der Waals surface area contributed by atoms with Gasteiger partial charge >= 0.3 is 5.97 Å². The first-order chi connectivity index (χ1) is 14.2. The Balaban J connectivity index is 1.64. The van der Waals surface area contributed by atoms with E-state index in [9.17, 15) is 4.79 Å². The van der Waals surface area contributed by atoms with Gasteiger partial charge in [0.1, 0.15) is 0 Å². The van der Waals surface area contributed by atoms with Crippen molar-refractivity contribution in [3.8, 4) is 11.5 Å². The number of methoxy groups -OCH3 is 1. The van der Waals surface area contributed by atoms with Crippen molar-refractivity contribution in [3.63, 3.8) is 0 Å². The van der Waals surface area contributed by atoms with Gasteiger partial charge < -0.3 is 18.9 Å². The van der Waals surface area contributed by atoms with Gasteiger partial charge in [0, 0.05) is 12.0 Å². The minimum absolute atomic E-state index is 0.208. The van der Waals surface area contributed by atoms with E-state index in [-0.39, 0.29) is 12.3 Å². The van der Waals surface area contributed by atoms with Gasteiger partial charge in [-0.3, -0.25) is 4.79 Å². The molecule has 0 spiro atoms. The molecule has 0 radical (unpaired) electrons. The van der Waals surface area contributed by atoms with Gasteiger partial charge in [0.25, 0.3) is 0 Å². The van der Waals surface area contributed by atoms with Crippen LogP contribution in [0.25, 0.3) is 0 Å². The Kier molecular flexibility index (Phi) is 11.8. The molecule has 0 aromatic heterocycles. The molecular formula is C24H38O5. The quantitative estimate of drug-likeness (QED) is 0.205. The van der Waals surface area contributed by atoms with Crippen molar-refractivity contribution in [3.05, 3.63) is 23.8 Å². The summed E-state index contributed by atoms with van der Waals surface area (Å²) < 4.78 is 22.1. The highest BCUT2D eigenvalue weighted by Gasteiger charge is 2.19. The van der Waals surface area contributed by atoms with Gasteiger partial charge in [0.05, 0.1) is 20.3 Å². The van der Waals surface area contributed by atoms with Gasteiger partial charge in [-0.25, -0.2) is 0 Å². The van der Waals surface area contributed by atoms with E-state index in [4.69, 9.17) is 18.9 Å². The summed E-state index contributed by atoms with van der Waals surface area (Å²) in [4.78, 5) is 12.2. The number of carbonyl (C=O) groups is 1. The van der Waals surface area contributed by atoms with Crippen molar-refractivity contribution in [2.45, 2.75) is 90.3 Å². The molecule has 1 aliphatic rings. The highest BCUT2D eigenvalue weighted by atomic mass is 16.7. The summed E-state index contributed by atoms with van der Waals surface area (Å²) in [7, 11) is 1.57. The molecule has 1 saturated heterocycles. The third-order valence-corrected chi connectivity index (χ3v) is 5.25. The smallest absolute Gasteiger partial charge is 0.311 e. The van der Waals surface area contributed by atoms with E-state index < -0.39 is 0 Å². The van der Waals surface area contributed by atoms with Crippen LogP contribution in [0.1, 0.15) is 95.8 Å². The number of rotatable bonds is 14. The lowest BCUT2D eigenvalue weighted by atomic mass is 10.1. The number of esters is 1. The van der Waals surface area contributed by atoms with Crippen LogP contribution in [0.4, 0.5) is 0 Å². The Morgan fingerprint density at radius 3 is 2.17 bits per heavy atom. The van der Waals surface area contributed by atoms with E-state index in [1.54, 1.807) is 13.2 Å². The molecule has 0 aliphatic carbocycles. The lowest BCUT2D eigenvalue weighted by molar-refractivity contribution is -0.183. The maximum atomic E-state index is 12.2. The molecule has 164 valence electrons. The van der Waals surface area contributed by atoms with Gasteiger partial charge in [0.2, 0.25) is 0 Å². The molecule has 5 nitrogen and oxygen atoms in total. The van der Waals surface area contributed by atoms with Crippen molar-refractivity contribution < 1.29 is 23.7 Å². The first kappa shape index (κ1) is 23.7. The SMILES string of the molecule is CCCCCCCCCCCCC(=O)Oc1ccc(C2OCCCO2)cc1OC. The summed E-state index contributed by atoms with van der Waals surface area (Å²) in [6, 6.07) is 5.44. The van der Waals surface area contributed by atoms with E-state index >= 15 is 0 Å². The molecule has 5 heteroatoms. The lowest BCUT2D eigenvalue weighted by Gasteiger charge is -2.24. The molecule has 0 amide bonds. The molecule has 1 aromatic carbocycles. The largest absolute Gasteiger partial charge is 0.493 e. The molecule has 0 atom stereocenters. The third-order valence-electron chi connectivity index (χ3n) is 5.25. The van der Waals surface area contributed by atoms with Crippen LogP contribution in [0.5, 0.6) is 11.5 Å². The molecule has 1 fully saturated rings. The van der Waals surface area contributed by atoms with Crippen molar-refractivity contribution in [1.82, 2.24) is 0 Å². The second-order valence-corrected chi connectivity index (χ2v) is 7.74. The summed E-state index contributed by atoms with van der Waals surface area (Å²) in [5.41, 5.74) is 0.871. The highest BCUT2D eigenvalue weighted by Crippen LogP contribution is 2.33. The van der Waals surface area contributed by atoms with Gasteiger partial charge in [-0.15, -0.1) is 0 Å². The highest BCUT2D eigenvalue weighted by molar-refractivity contribution is 5.73. The predicted octanol–water partition coefficient (Wildman–Crippen LogP) is 6.35. The van der Waals surface area contributed by atoms with Crippen LogP contribution in [0, 0.1) is 0 Å². The van der Waals surface area contributed by atoms with Crippen molar-refractivity contribution in [2.75, 3.05) is 20.3 Å². The summed E-state index contributed by atoms with van der Waals surface area (Å²) in [5, 5.41) is 0. The van der Waals surface area contributed by atoms with E-state index in [1.165, 1.54) is 51.4 Å². The standard InChI is InChI=1S/C24H38O5/c1-3-4-5-6-7-8-9-10-11-12-14-23(25)29-21-16-15-20(19-22(21)26-2)24-27-17-13-18-28-24/h15-16,19,24H,3-14,17-18H2,1-2H3. The fourth-order valence-electron chi connectivity index (χ4n) is 3.53. The number of hydrogen-bond donors (Lipinski definition) is 0. The summed E-state index contributed by atoms with van der Waals surface area (Å²) in [6.45, 7) is 3.61. The minimum atomic E-state index is -0.381. The second-order valence-electron chi connectivity index (χ2n) is 7.74. The van der Waals surface area contributed by atoms with Gasteiger partial charge in [-0.1, -0.05) is 64.7 Å². The van der Waals surface area contributed by atoms with Crippen LogP contribution in [-0.4, -0.2) is 26.3 Å². The maximum absolute atomic E-state index is 12.2. The third kappa shape index (κ3) is 9.18. The second kappa shape index (κ2) is 14.4. The van der Waals surface area contributed by atoms with Crippen molar-refractivity contribution >= 4 is 5.97 Å². The summed E-state index contributed by atoms with van der Waals surface area (Å²) in [6.07, 6.45) is 13.4. The Morgan fingerprint density at radius 1 is 0.931 bits per heavy atom. The lowest BCUT2D eigenvalue weighted by Crippen LogP contribution is -2.17. The molecule has 1 aliphatic heterocycles. The predicted molar refractivity (Wildman–Crippen MR) is 114 cm³/mol. The van der Waals surface area contributed by atoms with Gasteiger partial charge in [0.15, 0.2) is 17.8 Å². The van der Waals surface area contributed by atoms with Crippen LogP contribution in [0.3, 0.4) is 0 Å². The summed E-state index contributed by atoms with van der Waals surface area (Å²) >= 11 is 0. The fourth-order valence-corrected chi connectivity index (χ4v) is 3.53. The first-order valence-electron chi connectivity index (χ1n) is 11.4. The van der Waals surface area contributed by atoms with Crippen LogP contribution in [-0.2, 0) is 14.3 Å². The zero-order valence-electron chi connectivity index (χ0n) is 18.3. The molecule has 0 unspecified atom stereocenters. The normalized spacial score (nSPS) is 14.7. The fraction of sp³-hybridized carbons (Fsp3) is 0.708. The molecule has 1 aromatic rings. The van der Waals surface area contributed by atoms with E-state index in [1.807, 2.05) is 12.1 Å². The van der Waals surface area contributed by atoms with Crippen molar-refractivity contribution in [2.24, 2.45) is 0 Å². The van der Waals surface area contributed by atoms with Crippen LogP contribution in [0.2, 0.25) is 0 Å². The van der Waals surface area contributed by atoms with Gasteiger partial charge in [-0.05, 0) is 31.0 Å². The maximum Gasteiger partial charge on any atom is 0.311 e. The number of benzene rings is 1. The number of hydrogen-bond acceptors (Lipinski definition) is 5.